The fourth-order valence-electron chi connectivity index (χ4n) is 1.08. The molecule has 0 bridgehead atoms. The third kappa shape index (κ3) is 3.55. The lowest BCUT2D eigenvalue weighted by atomic mass is 10.1. The van der Waals surface area contributed by atoms with Gasteiger partial charge in [-0.1, -0.05) is 19.1 Å². The summed E-state index contributed by atoms with van der Waals surface area (Å²) in [5.41, 5.74) is 1.13. The summed E-state index contributed by atoms with van der Waals surface area (Å²) in [6.45, 7) is 6.37. The van der Waals surface area contributed by atoms with E-state index in [0.29, 0.717) is 0 Å². The van der Waals surface area contributed by atoms with E-state index in [9.17, 15) is 0 Å². The van der Waals surface area contributed by atoms with Crippen LogP contribution in [0.5, 0.6) is 0 Å². The molecule has 1 aromatic rings. The summed E-state index contributed by atoms with van der Waals surface area (Å²) in [5, 5.41) is 11.0. The van der Waals surface area contributed by atoms with E-state index < -0.39 is 0 Å². The van der Waals surface area contributed by atoms with Crippen LogP contribution in [0.15, 0.2) is 6.20 Å². The van der Waals surface area contributed by atoms with Gasteiger partial charge in [0.05, 0.1) is 11.9 Å². The molecule has 13 heavy (non-hydrogen) atoms. The topological polar surface area (TPSA) is 42.7 Å². The molecule has 0 aliphatic carbocycles. The number of nitrogens with one attached hydrogen (secondary N) is 1. The third-order valence-corrected chi connectivity index (χ3v) is 2.01. The maximum absolute atomic E-state index is 3.86. The minimum atomic E-state index is 0.761. The fourth-order valence-corrected chi connectivity index (χ4v) is 1.08. The van der Waals surface area contributed by atoms with Crippen LogP contribution in [0.3, 0.4) is 0 Å². The molecular formula is C9H18N4. The molecule has 0 amide bonds. The van der Waals surface area contributed by atoms with Crippen molar-refractivity contribution in [1.29, 1.82) is 0 Å². The maximum Gasteiger partial charge on any atom is 0.0738 e. The second kappa shape index (κ2) is 4.97. The summed E-state index contributed by atoms with van der Waals surface area (Å²) in [7, 11) is 1.91. The molecule has 0 spiro atoms. The van der Waals surface area contributed by atoms with Crippen molar-refractivity contribution in [1.82, 2.24) is 20.3 Å². The first kappa shape index (κ1) is 10.2. The van der Waals surface area contributed by atoms with Crippen LogP contribution in [0.2, 0.25) is 0 Å². The summed E-state index contributed by atoms with van der Waals surface area (Å²) in [4.78, 5) is 0. The molecule has 0 unspecified atom stereocenters. The minimum absolute atomic E-state index is 0.761. The van der Waals surface area contributed by atoms with Crippen molar-refractivity contribution in [3.8, 4) is 0 Å². The maximum atomic E-state index is 3.86. The molecular weight excluding hydrogens is 164 g/mol. The van der Waals surface area contributed by atoms with Crippen LogP contribution in [0.25, 0.3) is 0 Å². The van der Waals surface area contributed by atoms with Gasteiger partial charge in [0.25, 0.3) is 0 Å². The number of nitrogens with zero attached hydrogens (tertiary/aromatic N) is 3. The lowest BCUT2D eigenvalue weighted by molar-refractivity contribution is 0.527. The quantitative estimate of drug-likeness (QED) is 0.689. The number of aryl methyl sites for hydroxylation is 1. The number of hydrogen-bond acceptors (Lipinski definition) is 3. The molecule has 0 radical (unpaired) electrons. The van der Waals surface area contributed by atoms with Crippen molar-refractivity contribution in [2.75, 3.05) is 6.54 Å². The summed E-state index contributed by atoms with van der Waals surface area (Å²) >= 11 is 0. The predicted octanol–water partition coefficient (Wildman–Crippen LogP) is 0.951. The van der Waals surface area contributed by atoms with Gasteiger partial charge in [0, 0.05) is 13.6 Å². The monoisotopic (exact) mass is 182 g/mol. The summed E-state index contributed by atoms with van der Waals surface area (Å²) < 4.78 is 1.79. The molecule has 1 heterocycles. The van der Waals surface area contributed by atoms with Gasteiger partial charge in [-0.05, 0) is 18.9 Å². The van der Waals surface area contributed by atoms with Gasteiger partial charge in [-0.2, -0.15) is 0 Å². The van der Waals surface area contributed by atoms with Gasteiger partial charge in [0.1, 0.15) is 0 Å². The Morgan fingerprint density at radius 3 is 2.85 bits per heavy atom. The fraction of sp³-hybridized carbons (Fsp3) is 0.778. The van der Waals surface area contributed by atoms with Gasteiger partial charge < -0.3 is 5.32 Å². The highest BCUT2D eigenvalue weighted by atomic mass is 15.4. The first-order valence-corrected chi connectivity index (χ1v) is 4.74. The molecule has 1 aromatic heterocycles. The Hall–Kier alpha value is -0.900. The number of aromatic nitrogens is 3. The normalized spacial score (nSPS) is 11.1. The van der Waals surface area contributed by atoms with E-state index in [1.165, 1.54) is 6.42 Å². The molecule has 4 nitrogen and oxygen atoms in total. The van der Waals surface area contributed by atoms with Crippen LogP contribution in [-0.2, 0) is 13.6 Å². The highest BCUT2D eigenvalue weighted by Crippen LogP contribution is 1.97. The summed E-state index contributed by atoms with van der Waals surface area (Å²) in [6, 6.07) is 0. The average molecular weight is 182 g/mol. The molecule has 0 aliphatic rings. The van der Waals surface area contributed by atoms with Crippen molar-refractivity contribution < 1.29 is 0 Å². The average Bonchev–Trinajstić information content (AvgIpc) is 2.45. The second-order valence-electron chi connectivity index (χ2n) is 3.71. The van der Waals surface area contributed by atoms with Gasteiger partial charge in [0.15, 0.2) is 0 Å². The zero-order chi connectivity index (χ0) is 9.68. The smallest absolute Gasteiger partial charge is 0.0738 e. The van der Waals surface area contributed by atoms with Crippen LogP contribution < -0.4 is 5.32 Å². The molecule has 4 heteroatoms. The zero-order valence-corrected chi connectivity index (χ0v) is 8.62. The number of hydrogen-bond donors (Lipinski definition) is 1. The predicted molar refractivity (Wildman–Crippen MR) is 52.2 cm³/mol. The third-order valence-electron chi connectivity index (χ3n) is 2.01. The summed E-state index contributed by atoms with van der Waals surface area (Å²) in [5.74, 6) is 0.761. The van der Waals surface area contributed by atoms with Crippen LogP contribution in [-0.4, -0.2) is 21.5 Å². The Morgan fingerprint density at radius 2 is 2.31 bits per heavy atom. The van der Waals surface area contributed by atoms with Gasteiger partial charge in [-0.25, -0.2) is 0 Å². The molecule has 74 valence electrons. The van der Waals surface area contributed by atoms with Crippen LogP contribution >= 0.6 is 0 Å². The van der Waals surface area contributed by atoms with Gasteiger partial charge in [-0.3, -0.25) is 4.68 Å². The Bertz CT molecular complexity index is 242. The number of rotatable bonds is 5. The van der Waals surface area contributed by atoms with E-state index in [0.717, 1.165) is 24.7 Å². The molecule has 1 rings (SSSR count). The van der Waals surface area contributed by atoms with Crippen molar-refractivity contribution in [2.24, 2.45) is 13.0 Å². The van der Waals surface area contributed by atoms with Gasteiger partial charge in [-0.15, -0.1) is 5.10 Å². The van der Waals surface area contributed by atoms with E-state index in [4.69, 9.17) is 0 Å². The molecule has 0 saturated carbocycles. The highest BCUT2D eigenvalue weighted by molar-refractivity contribution is 4.91. The van der Waals surface area contributed by atoms with Crippen LogP contribution in [0.1, 0.15) is 26.0 Å². The van der Waals surface area contributed by atoms with E-state index in [1.807, 2.05) is 7.05 Å². The van der Waals surface area contributed by atoms with Crippen molar-refractivity contribution >= 4 is 0 Å². The van der Waals surface area contributed by atoms with E-state index in [2.05, 4.69) is 29.5 Å². The van der Waals surface area contributed by atoms with Crippen LogP contribution in [0, 0.1) is 5.92 Å². The molecule has 1 N–H and O–H groups in total. The van der Waals surface area contributed by atoms with E-state index in [1.54, 1.807) is 10.9 Å². The first-order chi connectivity index (χ1) is 6.20. The first-order valence-electron chi connectivity index (χ1n) is 4.74. The molecule has 0 saturated heterocycles. The van der Waals surface area contributed by atoms with Crippen molar-refractivity contribution in [3.63, 3.8) is 0 Å². The van der Waals surface area contributed by atoms with Gasteiger partial charge >= 0.3 is 0 Å². The molecule has 0 aliphatic heterocycles. The Labute approximate surface area is 79.3 Å². The standard InChI is InChI=1S/C9H18N4/c1-8(2)4-5-10-6-9-7-11-12-13(9)3/h7-8,10H,4-6H2,1-3H3. The molecule has 0 fully saturated rings. The van der Waals surface area contributed by atoms with Crippen molar-refractivity contribution in [3.05, 3.63) is 11.9 Å². The Morgan fingerprint density at radius 1 is 1.54 bits per heavy atom. The zero-order valence-electron chi connectivity index (χ0n) is 8.62. The lowest BCUT2D eigenvalue weighted by Crippen LogP contribution is -2.18. The SMILES string of the molecule is CC(C)CCNCc1cnnn1C. The van der Waals surface area contributed by atoms with E-state index >= 15 is 0 Å². The molecule has 0 aromatic carbocycles. The Balaban J connectivity index is 2.17. The van der Waals surface area contributed by atoms with E-state index in [-0.39, 0.29) is 0 Å². The van der Waals surface area contributed by atoms with Gasteiger partial charge in [0.2, 0.25) is 0 Å². The summed E-state index contributed by atoms with van der Waals surface area (Å²) in [6.07, 6.45) is 3.01. The molecule has 0 atom stereocenters. The second-order valence-corrected chi connectivity index (χ2v) is 3.71. The Kier molecular flexibility index (Phi) is 3.89. The van der Waals surface area contributed by atoms with Crippen LogP contribution in [0.4, 0.5) is 0 Å². The largest absolute Gasteiger partial charge is 0.311 e. The lowest BCUT2D eigenvalue weighted by Gasteiger charge is -2.06. The highest BCUT2D eigenvalue weighted by Gasteiger charge is 1.98. The van der Waals surface area contributed by atoms with Crippen molar-refractivity contribution in [2.45, 2.75) is 26.8 Å². The minimum Gasteiger partial charge on any atom is -0.311 e.